The highest BCUT2D eigenvalue weighted by Gasteiger charge is 2.40. The molecule has 1 aromatic carbocycles. The van der Waals surface area contributed by atoms with E-state index in [2.05, 4.69) is 76.3 Å². The van der Waals surface area contributed by atoms with Crippen LogP contribution in [0, 0.1) is 0 Å². The van der Waals surface area contributed by atoms with Gasteiger partial charge in [0, 0.05) is 62.3 Å². The summed E-state index contributed by atoms with van der Waals surface area (Å²) >= 11 is 0. The molecule has 1 N–H and O–H groups in total. The van der Waals surface area contributed by atoms with Gasteiger partial charge in [0.15, 0.2) is 0 Å². The monoisotopic (exact) mass is 630 g/mol. The molecule has 228 valence electrons. The Morgan fingerprint density at radius 1 is 0.949 bits per heavy atom. The number of anilines is 1. The average molecular weight is 631 g/mol. The molecule has 1 atom stereocenters. The van der Waals surface area contributed by atoms with E-state index in [-0.39, 0.29) is 15.1 Å². The van der Waals surface area contributed by atoms with Gasteiger partial charge in [-0.2, -0.15) is 0 Å². The van der Waals surface area contributed by atoms with Crippen molar-refractivity contribution in [3.63, 3.8) is 0 Å². The largest absolute Gasteiger partial charge is 0.398 e. The highest BCUT2D eigenvalue weighted by atomic mass is 28.4. The molecule has 1 rings (SSSR count). The Morgan fingerprint density at radius 3 is 2.00 bits per heavy atom. The first-order valence-electron chi connectivity index (χ1n) is 15.3. The molecule has 6 nitrogen and oxygen atoms in total. The third-order valence-corrected chi connectivity index (χ3v) is 20.3. The molecule has 0 fully saturated rings. The Labute approximate surface area is 249 Å². The molecule has 0 saturated heterocycles. The fourth-order valence-corrected chi connectivity index (χ4v) is 13.6. The smallest absolute Gasteiger partial charge is 0.341 e. The van der Waals surface area contributed by atoms with Crippen LogP contribution in [0.3, 0.4) is 0 Å². The second kappa shape index (κ2) is 17.8. The zero-order valence-corrected chi connectivity index (χ0v) is 33.5. The molecule has 0 spiro atoms. The maximum absolute atomic E-state index is 6.09. The minimum absolute atomic E-state index is 0.162. The van der Waals surface area contributed by atoms with Gasteiger partial charge in [-0.05, 0) is 74.9 Å². The highest BCUT2D eigenvalue weighted by Crippen LogP contribution is 2.35. The van der Waals surface area contributed by atoms with Crippen molar-refractivity contribution in [1.82, 2.24) is 5.32 Å². The summed E-state index contributed by atoms with van der Waals surface area (Å²) in [6, 6.07) is 5.03. The Hall–Kier alpha value is -0.0956. The number of nitrogens with zero attached hydrogens (tertiary/aromatic N) is 1. The lowest BCUT2D eigenvalue weighted by molar-refractivity contribution is 0.240. The van der Waals surface area contributed by atoms with Crippen LogP contribution in [0.1, 0.15) is 43.9 Å². The summed E-state index contributed by atoms with van der Waals surface area (Å²) in [4.78, 5) is 2.62. The second-order valence-corrected chi connectivity index (χ2v) is 26.8. The zero-order valence-electron chi connectivity index (χ0n) is 27.8. The highest BCUT2D eigenvalue weighted by molar-refractivity contribution is 6.76. The molecule has 39 heavy (non-hydrogen) atoms. The topological polar surface area (TPSA) is 52.2 Å². The Bertz CT molecular complexity index is 848. The van der Waals surface area contributed by atoms with Gasteiger partial charge in [0.1, 0.15) is 0 Å². The zero-order chi connectivity index (χ0) is 29.8. The molecule has 0 bridgehead atoms. The summed E-state index contributed by atoms with van der Waals surface area (Å²) in [5.41, 5.74) is 5.01. The van der Waals surface area contributed by atoms with Gasteiger partial charge in [-0.3, -0.25) is 0 Å². The molecular formula is C28H62N2O4Si5. The van der Waals surface area contributed by atoms with E-state index in [0.29, 0.717) is 0 Å². The number of nitrogens with one attached hydrogen (secondary N) is 1. The Kier molecular flexibility index (Phi) is 16.8. The molecule has 1 unspecified atom stereocenters. The van der Waals surface area contributed by atoms with Crippen molar-refractivity contribution in [1.29, 1.82) is 0 Å². The van der Waals surface area contributed by atoms with Gasteiger partial charge in [0.2, 0.25) is 0 Å². The fraction of sp³-hybridized carbons (Fsp3) is 0.786. The predicted octanol–water partition coefficient (Wildman–Crippen LogP) is 3.36. The normalized spacial score (nSPS) is 13.8. The van der Waals surface area contributed by atoms with Crippen LogP contribution < -0.4 is 20.6 Å². The fourth-order valence-electron chi connectivity index (χ4n) is 5.63. The van der Waals surface area contributed by atoms with Crippen LogP contribution in [0.15, 0.2) is 6.07 Å². The van der Waals surface area contributed by atoms with E-state index in [4.69, 9.17) is 17.7 Å². The molecule has 11 heteroatoms. The lowest BCUT2D eigenvalue weighted by Crippen LogP contribution is -2.47. The van der Waals surface area contributed by atoms with Crippen LogP contribution in [0.25, 0.3) is 0 Å². The van der Waals surface area contributed by atoms with Gasteiger partial charge >= 0.3 is 17.1 Å². The molecule has 0 heterocycles. The number of rotatable bonds is 20. The first-order valence-corrected chi connectivity index (χ1v) is 27.9. The van der Waals surface area contributed by atoms with Gasteiger partial charge in [0.05, 0.1) is 17.6 Å². The molecular weight excluding hydrogens is 569 g/mol. The van der Waals surface area contributed by atoms with Crippen molar-refractivity contribution in [2.75, 3.05) is 59.1 Å². The maximum Gasteiger partial charge on any atom is 0.341 e. The third-order valence-electron chi connectivity index (χ3n) is 8.73. The van der Waals surface area contributed by atoms with E-state index < -0.39 is 34.7 Å². The third kappa shape index (κ3) is 10.00. The van der Waals surface area contributed by atoms with E-state index in [0.717, 1.165) is 32.1 Å². The summed E-state index contributed by atoms with van der Waals surface area (Å²) in [6.45, 7) is 24.6. The van der Waals surface area contributed by atoms with Crippen LogP contribution >= 0.6 is 0 Å². The second-order valence-electron chi connectivity index (χ2n) is 11.8. The summed E-state index contributed by atoms with van der Waals surface area (Å²) in [7, 11) is 0.654. The van der Waals surface area contributed by atoms with Crippen LogP contribution in [-0.2, 0) is 24.1 Å². The molecule has 0 saturated carbocycles. The molecule has 0 aromatic heterocycles. The van der Waals surface area contributed by atoms with Gasteiger partial charge < -0.3 is 27.9 Å². The van der Waals surface area contributed by atoms with E-state index in [1.165, 1.54) is 29.9 Å². The number of hydrogen-bond donors (Lipinski definition) is 1. The maximum atomic E-state index is 6.09. The van der Waals surface area contributed by atoms with E-state index in [1.54, 1.807) is 30.2 Å². The van der Waals surface area contributed by atoms with Crippen LogP contribution in [-0.4, -0.2) is 98.5 Å². The molecule has 0 radical (unpaired) electrons. The minimum atomic E-state index is -2.35. The molecule has 0 amide bonds. The molecule has 0 aliphatic rings. The van der Waals surface area contributed by atoms with Crippen molar-refractivity contribution < 1.29 is 17.7 Å². The SMILES string of the molecule is CCN(CC)c1c(C(C)[Si](C)(OC)OC)cc([SiH](C)C)c(CC[SiH2]CNCCC[Si](C)(OC)OC)c1[SiH](C)C. The standard InChI is InChI=1S/C28H62N2O4Si5/c1-14-30(15-2)27-25(23(3)39(13,33-6)34-7)21-26(36(8)9)24(28(27)37(10)11)17-19-35-22-29-18-16-20-38(12,31-4)32-5/h21,23,29,36-37H,14-20,22,35H2,1-13H3. The van der Waals surface area contributed by atoms with Gasteiger partial charge in [-0.25, -0.2) is 0 Å². The van der Waals surface area contributed by atoms with Crippen molar-refractivity contribution in [2.24, 2.45) is 0 Å². The first kappa shape index (κ1) is 36.9. The van der Waals surface area contributed by atoms with Crippen molar-refractivity contribution >= 4 is 60.3 Å². The van der Waals surface area contributed by atoms with E-state index in [9.17, 15) is 0 Å². The summed E-state index contributed by atoms with van der Waals surface area (Å²) in [5.74, 6) is 0. The summed E-state index contributed by atoms with van der Waals surface area (Å²) in [6.07, 6.45) is 3.59. The Balaban J connectivity index is 3.27. The quantitative estimate of drug-likeness (QED) is 0.176. The van der Waals surface area contributed by atoms with Gasteiger partial charge in [-0.1, -0.05) is 50.4 Å². The summed E-state index contributed by atoms with van der Waals surface area (Å²) < 4.78 is 23.4. The number of benzene rings is 1. The predicted molar refractivity (Wildman–Crippen MR) is 186 cm³/mol. The van der Waals surface area contributed by atoms with Gasteiger partial charge in [-0.15, -0.1) is 0 Å². The van der Waals surface area contributed by atoms with Crippen LogP contribution in [0.2, 0.25) is 51.4 Å². The minimum Gasteiger partial charge on any atom is -0.398 e. The molecule has 1 aromatic rings. The molecule has 0 aliphatic heterocycles. The van der Waals surface area contributed by atoms with Crippen molar-refractivity contribution in [3.05, 3.63) is 17.2 Å². The lowest BCUT2D eigenvalue weighted by Gasteiger charge is -2.37. The van der Waals surface area contributed by atoms with E-state index in [1.807, 2.05) is 14.2 Å². The van der Waals surface area contributed by atoms with Crippen LogP contribution in [0.5, 0.6) is 0 Å². The summed E-state index contributed by atoms with van der Waals surface area (Å²) in [5, 5.41) is 7.15. The molecule has 0 aliphatic carbocycles. The van der Waals surface area contributed by atoms with Gasteiger partial charge in [0.25, 0.3) is 0 Å². The Morgan fingerprint density at radius 2 is 1.54 bits per heavy atom. The van der Waals surface area contributed by atoms with E-state index >= 15 is 0 Å². The van der Waals surface area contributed by atoms with Crippen molar-refractivity contribution in [2.45, 2.75) is 90.5 Å². The lowest BCUT2D eigenvalue weighted by atomic mass is 10.0. The van der Waals surface area contributed by atoms with Crippen molar-refractivity contribution in [3.8, 4) is 0 Å². The average Bonchev–Trinajstić information content (AvgIpc) is 2.93. The van der Waals surface area contributed by atoms with Crippen LogP contribution in [0.4, 0.5) is 5.69 Å². The first-order chi connectivity index (χ1) is 18.4. The number of hydrogen-bond acceptors (Lipinski definition) is 6.